The van der Waals surface area contributed by atoms with Crippen LogP contribution in [0, 0.1) is 13.8 Å². The van der Waals surface area contributed by atoms with Gasteiger partial charge in [-0.25, -0.2) is 13.2 Å². The fourth-order valence-corrected chi connectivity index (χ4v) is 5.51. The molecule has 0 unspecified atom stereocenters. The number of hydrogen-bond donors (Lipinski definition) is 1. The maximum atomic E-state index is 13.2. The number of ether oxygens (including phenoxy) is 1. The van der Waals surface area contributed by atoms with E-state index in [-0.39, 0.29) is 29.6 Å². The first kappa shape index (κ1) is 22.0. The summed E-state index contributed by atoms with van der Waals surface area (Å²) in [5.74, 6) is -0.949. The van der Waals surface area contributed by atoms with Gasteiger partial charge in [0.15, 0.2) is 0 Å². The number of aromatic nitrogens is 1. The number of aryl methyl sites for hydroxylation is 3. The number of benzene rings is 1. The van der Waals surface area contributed by atoms with E-state index in [4.69, 9.17) is 4.74 Å². The Morgan fingerprint density at radius 1 is 1.17 bits per heavy atom. The molecule has 0 radical (unpaired) electrons. The molecule has 1 saturated heterocycles. The summed E-state index contributed by atoms with van der Waals surface area (Å²) >= 11 is 0. The lowest BCUT2D eigenvalue weighted by molar-refractivity contribution is -0.119. The zero-order chi connectivity index (χ0) is 22.1. The molecular weight excluding hydrogens is 406 g/mol. The van der Waals surface area contributed by atoms with Gasteiger partial charge in [0.2, 0.25) is 15.9 Å². The zero-order valence-electron chi connectivity index (χ0n) is 17.6. The zero-order valence-corrected chi connectivity index (χ0v) is 18.5. The molecule has 1 atom stereocenters. The second kappa shape index (κ2) is 8.61. The number of rotatable bonds is 6. The largest absolute Gasteiger partial charge is 0.461 e. The number of sulfonamides is 1. The molecule has 1 N–H and O–H groups in total. The number of anilines is 1. The second-order valence-corrected chi connectivity index (χ2v) is 9.42. The third kappa shape index (κ3) is 4.41. The van der Waals surface area contributed by atoms with Crippen LogP contribution in [0.3, 0.4) is 0 Å². The average molecular weight is 434 g/mol. The minimum absolute atomic E-state index is 0.0286. The number of nitrogens with zero attached hydrogens (tertiary/aromatic N) is 2. The van der Waals surface area contributed by atoms with Crippen LogP contribution in [0.2, 0.25) is 0 Å². The maximum Gasteiger partial charge on any atom is 0.354 e. The van der Waals surface area contributed by atoms with Crippen LogP contribution >= 0.6 is 0 Å². The average Bonchev–Trinajstić information content (AvgIpc) is 3.28. The SMILES string of the molecule is CCOC(=O)c1cc(S(=O)(=O)N2CCC[C@H]2C(=O)Nc2cc(C)cc(C)c2)cn1C. The minimum atomic E-state index is -3.95. The molecule has 0 bridgehead atoms. The molecule has 2 heterocycles. The van der Waals surface area contributed by atoms with Crippen molar-refractivity contribution in [2.45, 2.75) is 44.6 Å². The predicted molar refractivity (Wildman–Crippen MR) is 113 cm³/mol. The van der Waals surface area contributed by atoms with E-state index in [0.29, 0.717) is 18.5 Å². The van der Waals surface area contributed by atoms with Crippen molar-refractivity contribution >= 4 is 27.6 Å². The Morgan fingerprint density at radius 3 is 2.47 bits per heavy atom. The van der Waals surface area contributed by atoms with Crippen LogP contribution in [0.25, 0.3) is 0 Å². The van der Waals surface area contributed by atoms with Crippen LogP contribution in [0.15, 0.2) is 35.4 Å². The van der Waals surface area contributed by atoms with Crippen molar-refractivity contribution in [3.05, 3.63) is 47.3 Å². The van der Waals surface area contributed by atoms with Crippen LogP contribution in [0.1, 0.15) is 41.4 Å². The lowest BCUT2D eigenvalue weighted by Gasteiger charge is -2.23. The van der Waals surface area contributed by atoms with Gasteiger partial charge in [0, 0.05) is 25.5 Å². The summed E-state index contributed by atoms with van der Waals surface area (Å²) in [6, 6.07) is 6.19. The third-order valence-electron chi connectivity index (χ3n) is 5.07. The molecule has 1 aliphatic heterocycles. The van der Waals surface area contributed by atoms with Gasteiger partial charge >= 0.3 is 5.97 Å². The molecule has 2 aromatic rings. The van der Waals surface area contributed by atoms with Crippen LogP contribution < -0.4 is 5.32 Å². The Balaban J connectivity index is 1.84. The molecule has 1 amide bonds. The smallest absolute Gasteiger partial charge is 0.354 e. The summed E-state index contributed by atoms with van der Waals surface area (Å²) in [7, 11) is -2.36. The fourth-order valence-electron chi connectivity index (χ4n) is 3.78. The highest BCUT2D eigenvalue weighted by Crippen LogP contribution is 2.28. The number of esters is 1. The first-order valence-corrected chi connectivity index (χ1v) is 11.3. The van der Waals surface area contributed by atoms with Gasteiger partial charge in [-0.05, 0) is 62.9 Å². The number of carbonyl (C=O) groups is 2. The summed E-state index contributed by atoms with van der Waals surface area (Å²) in [6.45, 7) is 5.99. The molecule has 0 aliphatic carbocycles. The molecule has 1 aromatic carbocycles. The van der Waals surface area contributed by atoms with Gasteiger partial charge in [0.25, 0.3) is 0 Å². The Labute approximate surface area is 176 Å². The van der Waals surface area contributed by atoms with Crippen LogP contribution in [-0.2, 0) is 26.6 Å². The van der Waals surface area contributed by atoms with Crippen LogP contribution in [0.5, 0.6) is 0 Å². The highest BCUT2D eigenvalue weighted by atomic mass is 32.2. The van der Waals surface area contributed by atoms with Crippen molar-refractivity contribution in [3.63, 3.8) is 0 Å². The molecule has 1 aromatic heterocycles. The quantitative estimate of drug-likeness (QED) is 0.706. The predicted octanol–water partition coefficient (Wildman–Crippen LogP) is 2.61. The highest BCUT2D eigenvalue weighted by Gasteiger charge is 2.40. The molecular formula is C21H27N3O5S. The summed E-state index contributed by atoms with van der Waals surface area (Å²) in [5.41, 5.74) is 2.81. The van der Waals surface area contributed by atoms with E-state index in [0.717, 1.165) is 11.1 Å². The molecule has 0 saturated carbocycles. The number of carbonyl (C=O) groups excluding carboxylic acids is 2. The van der Waals surface area contributed by atoms with E-state index in [2.05, 4.69) is 5.32 Å². The van der Waals surface area contributed by atoms with Gasteiger partial charge < -0.3 is 14.6 Å². The van der Waals surface area contributed by atoms with Crippen molar-refractivity contribution in [2.24, 2.45) is 7.05 Å². The van der Waals surface area contributed by atoms with E-state index >= 15 is 0 Å². The van der Waals surface area contributed by atoms with Crippen molar-refractivity contribution in [1.82, 2.24) is 8.87 Å². The monoisotopic (exact) mass is 433 g/mol. The Hall–Kier alpha value is -2.65. The summed E-state index contributed by atoms with van der Waals surface area (Å²) in [4.78, 5) is 24.9. The third-order valence-corrected chi connectivity index (χ3v) is 6.94. The topological polar surface area (TPSA) is 97.7 Å². The van der Waals surface area contributed by atoms with Gasteiger partial charge in [-0.1, -0.05) is 6.07 Å². The lowest BCUT2D eigenvalue weighted by Crippen LogP contribution is -2.43. The van der Waals surface area contributed by atoms with E-state index in [1.165, 1.54) is 21.1 Å². The lowest BCUT2D eigenvalue weighted by atomic mass is 10.1. The van der Waals surface area contributed by atoms with E-state index in [1.54, 1.807) is 14.0 Å². The molecule has 30 heavy (non-hydrogen) atoms. The van der Waals surface area contributed by atoms with E-state index in [9.17, 15) is 18.0 Å². The molecule has 9 heteroatoms. The van der Waals surface area contributed by atoms with Gasteiger partial charge in [0.1, 0.15) is 16.6 Å². The maximum absolute atomic E-state index is 13.2. The normalized spacial score (nSPS) is 17.1. The Morgan fingerprint density at radius 2 is 1.83 bits per heavy atom. The van der Waals surface area contributed by atoms with E-state index < -0.39 is 22.0 Å². The molecule has 8 nitrogen and oxygen atoms in total. The van der Waals surface area contributed by atoms with Crippen molar-refractivity contribution in [2.75, 3.05) is 18.5 Å². The molecule has 0 spiro atoms. The minimum Gasteiger partial charge on any atom is -0.461 e. The summed E-state index contributed by atoms with van der Waals surface area (Å²) < 4.78 is 34.1. The van der Waals surface area contributed by atoms with Crippen LogP contribution in [0.4, 0.5) is 5.69 Å². The molecule has 1 fully saturated rings. The van der Waals surface area contributed by atoms with Crippen molar-refractivity contribution in [3.8, 4) is 0 Å². The number of hydrogen-bond acceptors (Lipinski definition) is 5. The standard InChI is InChI=1S/C21H27N3O5S/c1-5-29-21(26)19-12-17(13-23(19)4)30(27,28)24-8-6-7-18(24)20(25)22-16-10-14(2)9-15(3)11-16/h9-13,18H,5-8H2,1-4H3,(H,22,25)/t18-/m0/s1. The van der Waals surface area contributed by atoms with Gasteiger partial charge in [-0.2, -0.15) is 4.31 Å². The molecule has 1 aliphatic rings. The van der Waals surface area contributed by atoms with Gasteiger partial charge in [0.05, 0.1) is 6.61 Å². The Kier molecular flexibility index (Phi) is 6.33. The number of amides is 1. The Bertz CT molecular complexity index is 1050. The summed E-state index contributed by atoms with van der Waals surface area (Å²) in [5, 5.41) is 2.85. The first-order valence-electron chi connectivity index (χ1n) is 9.88. The molecule has 3 rings (SSSR count). The number of nitrogens with one attached hydrogen (secondary N) is 1. The highest BCUT2D eigenvalue weighted by molar-refractivity contribution is 7.89. The van der Waals surface area contributed by atoms with Crippen molar-refractivity contribution < 1.29 is 22.7 Å². The van der Waals surface area contributed by atoms with Gasteiger partial charge in [-0.3, -0.25) is 4.79 Å². The summed E-state index contributed by atoms with van der Waals surface area (Å²) in [6.07, 6.45) is 2.40. The molecule has 162 valence electrons. The van der Waals surface area contributed by atoms with Gasteiger partial charge in [-0.15, -0.1) is 0 Å². The first-order chi connectivity index (χ1) is 14.1. The second-order valence-electron chi connectivity index (χ2n) is 7.53. The van der Waals surface area contributed by atoms with Crippen LogP contribution in [-0.4, -0.2) is 48.4 Å². The van der Waals surface area contributed by atoms with Crippen molar-refractivity contribution in [1.29, 1.82) is 0 Å². The fraction of sp³-hybridized carbons (Fsp3) is 0.429. The van der Waals surface area contributed by atoms with E-state index in [1.807, 2.05) is 32.0 Å².